The third kappa shape index (κ3) is 2.20. The molecule has 0 spiro atoms. The van der Waals surface area contributed by atoms with E-state index in [-0.39, 0.29) is 5.66 Å². The molecule has 2 nitrogen and oxygen atoms in total. The molecule has 0 amide bonds. The van der Waals surface area contributed by atoms with Gasteiger partial charge in [0.05, 0.1) is 5.66 Å². The second kappa shape index (κ2) is 4.24. The van der Waals surface area contributed by atoms with Crippen LogP contribution in [-0.2, 0) is 0 Å². The van der Waals surface area contributed by atoms with E-state index in [1.807, 2.05) is 0 Å². The largest absolute Gasteiger partial charge is 0.302 e. The van der Waals surface area contributed by atoms with Crippen molar-refractivity contribution in [3.05, 3.63) is 0 Å². The quantitative estimate of drug-likeness (QED) is 0.487. The summed E-state index contributed by atoms with van der Waals surface area (Å²) in [5.41, 5.74) is 0.227. The van der Waals surface area contributed by atoms with Gasteiger partial charge in [-0.15, -0.1) is 0 Å². The van der Waals surface area contributed by atoms with Gasteiger partial charge in [0.15, 0.2) is 0 Å². The van der Waals surface area contributed by atoms with Crippen LogP contribution < -0.4 is 10.6 Å². The molecule has 1 unspecified atom stereocenters. The molecule has 1 rings (SSSR count). The minimum atomic E-state index is 0.227. The highest BCUT2D eigenvalue weighted by atomic mass is 15.2. The van der Waals surface area contributed by atoms with Crippen LogP contribution in [0.4, 0.5) is 0 Å². The predicted molar refractivity (Wildman–Crippen MR) is 53.1 cm³/mol. The molecule has 1 aliphatic rings. The summed E-state index contributed by atoms with van der Waals surface area (Å²) in [6, 6.07) is 0. The van der Waals surface area contributed by atoms with E-state index in [9.17, 15) is 0 Å². The van der Waals surface area contributed by atoms with Gasteiger partial charge in [0, 0.05) is 0 Å². The van der Waals surface area contributed by atoms with Crippen molar-refractivity contribution in [2.45, 2.75) is 44.7 Å². The number of hydrogen-bond acceptors (Lipinski definition) is 2. The summed E-state index contributed by atoms with van der Waals surface area (Å²) in [6.07, 6.45) is 6.63. The molecule has 1 atom stereocenters. The van der Waals surface area contributed by atoms with Crippen molar-refractivity contribution in [2.24, 2.45) is 5.92 Å². The molecule has 0 bridgehead atoms. The lowest BCUT2D eigenvalue weighted by Gasteiger charge is -2.32. The van der Waals surface area contributed by atoms with Crippen molar-refractivity contribution in [3.63, 3.8) is 0 Å². The van der Waals surface area contributed by atoms with Crippen LogP contribution in [0.2, 0.25) is 0 Å². The molecule has 1 fully saturated rings. The topological polar surface area (TPSA) is 24.1 Å². The first kappa shape index (κ1) is 10.0. The highest BCUT2D eigenvalue weighted by Crippen LogP contribution is 2.27. The maximum atomic E-state index is 3.42. The molecule has 0 aromatic rings. The monoisotopic (exact) mass is 170 g/mol. The molecule has 72 valence electrons. The summed E-state index contributed by atoms with van der Waals surface area (Å²) in [7, 11) is 4.12. The third-order valence-electron chi connectivity index (χ3n) is 3.32. The highest BCUT2D eigenvalue weighted by molar-refractivity contribution is 4.85. The van der Waals surface area contributed by atoms with E-state index in [0.29, 0.717) is 0 Å². The molecule has 0 aromatic heterocycles. The zero-order chi connectivity index (χ0) is 9.03. The molecule has 2 heteroatoms. The van der Waals surface area contributed by atoms with Crippen LogP contribution in [0.3, 0.4) is 0 Å². The van der Waals surface area contributed by atoms with E-state index in [2.05, 4.69) is 31.7 Å². The normalized spacial score (nSPS) is 29.8. The van der Waals surface area contributed by atoms with Gasteiger partial charge in [-0.05, 0) is 39.3 Å². The molecular weight excluding hydrogens is 148 g/mol. The van der Waals surface area contributed by atoms with Crippen LogP contribution >= 0.6 is 0 Å². The van der Waals surface area contributed by atoms with Crippen LogP contribution in [0.15, 0.2) is 0 Å². The predicted octanol–water partition coefficient (Wildman–Crippen LogP) is 1.72. The van der Waals surface area contributed by atoms with E-state index >= 15 is 0 Å². The van der Waals surface area contributed by atoms with Gasteiger partial charge in [-0.2, -0.15) is 0 Å². The first-order valence-electron chi connectivity index (χ1n) is 5.10. The Hall–Kier alpha value is -0.0800. The Balaban J connectivity index is 2.52. The lowest BCUT2D eigenvalue weighted by atomic mass is 9.99. The Kier molecular flexibility index (Phi) is 3.53. The van der Waals surface area contributed by atoms with Gasteiger partial charge in [0.25, 0.3) is 0 Å². The number of rotatable bonds is 2. The van der Waals surface area contributed by atoms with Gasteiger partial charge in [-0.1, -0.05) is 19.8 Å². The summed E-state index contributed by atoms with van der Waals surface area (Å²) in [6.45, 7) is 2.36. The Labute approximate surface area is 76.1 Å². The van der Waals surface area contributed by atoms with Crippen molar-refractivity contribution in [2.75, 3.05) is 14.1 Å². The summed E-state index contributed by atoms with van der Waals surface area (Å²) < 4.78 is 0. The fraction of sp³-hybridized carbons (Fsp3) is 1.00. The van der Waals surface area contributed by atoms with Gasteiger partial charge >= 0.3 is 0 Å². The van der Waals surface area contributed by atoms with E-state index in [1.165, 1.54) is 32.1 Å². The molecule has 0 heterocycles. The van der Waals surface area contributed by atoms with Gasteiger partial charge in [0.1, 0.15) is 0 Å². The van der Waals surface area contributed by atoms with Crippen molar-refractivity contribution in [1.82, 2.24) is 10.6 Å². The zero-order valence-electron chi connectivity index (χ0n) is 8.61. The SMILES string of the molecule is CNC1(NC)CCCC(C)CC1. The molecule has 12 heavy (non-hydrogen) atoms. The van der Waals surface area contributed by atoms with Crippen LogP contribution in [-0.4, -0.2) is 19.8 Å². The first-order valence-corrected chi connectivity index (χ1v) is 5.10. The molecular formula is C10H22N2. The van der Waals surface area contributed by atoms with Crippen molar-refractivity contribution in [1.29, 1.82) is 0 Å². The number of hydrogen-bond donors (Lipinski definition) is 2. The minimum absolute atomic E-state index is 0.227. The van der Waals surface area contributed by atoms with Crippen LogP contribution in [0.1, 0.15) is 39.0 Å². The molecule has 0 aliphatic heterocycles. The molecule has 0 radical (unpaired) electrons. The van der Waals surface area contributed by atoms with E-state index in [4.69, 9.17) is 0 Å². The maximum Gasteiger partial charge on any atom is 0.0682 e. The average molecular weight is 170 g/mol. The van der Waals surface area contributed by atoms with E-state index in [1.54, 1.807) is 0 Å². The zero-order valence-corrected chi connectivity index (χ0v) is 8.61. The smallest absolute Gasteiger partial charge is 0.0682 e. The molecule has 1 aliphatic carbocycles. The lowest BCUT2D eigenvalue weighted by molar-refractivity contribution is 0.255. The van der Waals surface area contributed by atoms with E-state index in [0.717, 1.165) is 5.92 Å². The van der Waals surface area contributed by atoms with Crippen LogP contribution in [0.25, 0.3) is 0 Å². The second-order valence-electron chi connectivity index (χ2n) is 4.12. The third-order valence-corrected chi connectivity index (χ3v) is 3.32. The Morgan fingerprint density at radius 3 is 2.33 bits per heavy atom. The summed E-state index contributed by atoms with van der Waals surface area (Å²) in [5.74, 6) is 0.911. The Morgan fingerprint density at radius 2 is 1.75 bits per heavy atom. The number of nitrogens with one attached hydrogen (secondary N) is 2. The Morgan fingerprint density at radius 1 is 1.08 bits per heavy atom. The maximum absolute atomic E-state index is 3.42. The molecule has 2 N–H and O–H groups in total. The molecule has 0 aromatic carbocycles. The second-order valence-corrected chi connectivity index (χ2v) is 4.12. The summed E-state index contributed by atoms with van der Waals surface area (Å²) in [4.78, 5) is 0. The standard InChI is InChI=1S/C10H22N2/c1-9-5-4-7-10(11-2,12-3)8-6-9/h9,11-12H,4-8H2,1-3H3. The summed E-state index contributed by atoms with van der Waals surface area (Å²) in [5, 5.41) is 6.83. The highest BCUT2D eigenvalue weighted by Gasteiger charge is 2.28. The van der Waals surface area contributed by atoms with Gasteiger partial charge < -0.3 is 10.6 Å². The fourth-order valence-electron chi connectivity index (χ4n) is 2.14. The van der Waals surface area contributed by atoms with Crippen molar-refractivity contribution in [3.8, 4) is 0 Å². The molecule has 1 saturated carbocycles. The minimum Gasteiger partial charge on any atom is -0.302 e. The van der Waals surface area contributed by atoms with Gasteiger partial charge in [-0.3, -0.25) is 0 Å². The van der Waals surface area contributed by atoms with Crippen molar-refractivity contribution >= 4 is 0 Å². The van der Waals surface area contributed by atoms with Gasteiger partial charge in [0.2, 0.25) is 0 Å². The average Bonchev–Trinajstić information content (AvgIpc) is 2.28. The summed E-state index contributed by atoms with van der Waals surface area (Å²) >= 11 is 0. The van der Waals surface area contributed by atoms with Crippen molar-refractivity contribution < 1.29 is 0 Å². The molecule has 0 saturated heterocycles. The van der Waals surface area contributed by atoms with Crippen LogP contribution in [0, 0.1) is 5.92 Å². The van der Waals surface area contributed by atoms with Crippen LogP contribution in [0.5, 0.6) is 0 Å². The first-order chi connectivity index (χ1) is 5.72. The lowest BCUT2D eigenvalue weighted by Crippen LogP contribution is -2.53. The Bertz CT molecular complexity index is 130. The fourth-order valence-corrected chi connectivity index (χ4v) is 2.14. The van der Waals surface area contributed by atoms with Gasteiger partial charge in [-0.25, -0.2) is 0 Å². The van der Waals surface area contributed by atoms with E-state index < -0.39 is 0 Å².